The van der Waals surface area contributed by atoms with E-state index in [1.54, 1.807) is 16.8 Å². The van der Waals surface area contributed by atoms with Gasteiger partial charge in [-0.15, -0.1) is 11.3 Å². The van der Waals surface area contributed by atoms with Gasteiger partial charge < -0.3 is 4.90 Å². The van der Waals surface area contributed by atoms with E-state index < -0.39 is 10.0 Å². The summed E-state index contributed by atoms with van der Waals surface area (Å²) in [7, 11) is -3.52. The molecule has 0 N–H and O–H groups in total. The third-order valence-electron chi connectivity index (χ3n) is 4.74. The Bertz CT molecular complexity index is 1150. The van der Waals surface area contributed by atoms with Gasteiger partial charge in [-0.25, -0.2) is 23.1 Å². The van der Waals surface area contributed by atoms with E-state index in [4.69, 9.17) is 11.6 Å². The zero-order chi connectivity index (χ0) is 20.8. The summed E-state index contributed by atoms with van der Waals surface area (Å²) in [5.41, 5.74) is 1.92. The average molecular weight is 453 g/mol. The summed E-state index contributed by atoms with van der Waals surface area (Å²) in [6, 6.07) is 7.07. The molecule has 0 atom stereocenters. The highest BCUT2D eigenvalue weighted by Crippen LogP contribution is 2.29. The Kier molecular flexibility index (Phi) is 5.36. The van der Waals surface area contributed by atoms with Gasteiger partial charge in [-0.1, -0.05) is 11.6 Å². The van der Waals surface area contributed by atoms with E-state index in [0.717, 1.165) is 28.5 Å². The van der Waals surface area contributed by atoms with E-state index in [1.165, 1.54) is 4.31 Å². The van der Waals surface area contributed by atoms with Gasteiger partial charge in [0, 0.05) is 37.9 Å². The standard InChI is InChI=1S/C18H21ClN6O2S2/c1-12-10-13(2)25(22-12)17-11-16(20-14(3)21-17)23-6-8-24(9-7-23)29(26,27)18-5-4-15(19)28-18/h4-5,10-11H,6-9H2,1-3H3. The van der Waals surface area contributed by atoms with Gasteiger partial charge >= 0.3 is 0 Å². The molecule has 0 aromatic carbocycles. The van der Waals surface area contributed by atoms with Crippen molar-refractivity contribution in [2.24, 2.45) is 0 Å². The van der Waals surface area contributed by atoms with Crippen molar-refractivity contribution < 1.29 is 8.42 Å². The molecule has 0 spiro atoms. The van der Waals surface area contributed by atoms with E-state index >= 15 is 0 Å². The summed E-state index contributed by atoms with van der Waals surface area (Å²) < 4.78 is 29.6. The highest BCUT2D eigenvalue weighted by Gasteiger charge is 2.30. The summed E-state index contributed by atoms with van der Waals surface area (Å²) in [5.74, 6) is 2.13. The molecule has 1 aliphatic heterocycles. The first-order chi connectivity index (χ1) is 13.7. The molecule has 8 nitrogen and oxygen atoms in total. The van der Waals surface area contributed by atoms with Gasteiger partial charge in [0.15, 0.2) is 5.82 Å². The molecule has 4 rings (SSSR count). The summed E-state index contributed by atoms with van der Waals surface area (Å²) in [5, 5.41) is 4.50. The molecule has 0 amide bonds. The number of nitrogens with zero attached hydrogens (tertiary/aromatic N) is 6. The normalized spacial score (nSPS) is 15.8. The Morgan fingerprint density at radius 1 is 1.00 bits per heavy atom. The molecule has 29 heavy (non-hydrogen) atoms. The van der Waals surface area contributed by atoms with Crippen LogP contribution in [0.15, 0.2) is 28.5 Å². The third-order valence-corrected chi connectivity index (χ3v) is 8.34. The van der Waals surface area contributed by atoms with Gasteiger partial charge in [0.1, 0.15) is 15.9 Å². The molecule has 0 bridgehead atoms. The number of hydrogen-bond acceptors (Lipinski definition) is 7. The molecule has 4 heterocycles. The summed E-state index contributed by atoms with van der Waals surface area (Å²) in [6.45, 7) is 7.64. The number of aromatic nitrogens is 4. The SMILES string of the molecule is Cc1cc(C)n(-c2cc(N3CCN(S(=O)(=O)c4ccc(Cl)s4)CC3)nc(C)n2)n1. The minimum atomic E-state index is -3.52. The molecular formula is C18H21ClN6O2S2. The summed E-state index contributed by atoms with van der Waals surface area (Å²) in [6.07, 6.45) is 0. The third kappa shape index (κ3) is 4.02. The number of thiophene rings is 1. The molecule has 3 aromatic heterocycles. The van der Waals surface area contributed by atoms with Crippen LogP contribution in [0.2, 0.25) is 4.34 Å². The maximum Gasteiger partial charge on any atom is 0.252 e. The second kappa shape index (κ2) is 7.67. The van der Waals surface area contributed by atoms with Crippen LogP contribution in [0.1, 0.15) is 17.2 Å². The van der Waals surface area contributed by atoms with E-state index in [1.807, 2.05) is 32.9 Å². The maximum absolute atomic E-state index is 12.8. The number of piperazine rings is 1. The minimum Gasteiger partial charge on any atom is -0.354 e. The Balaban J connectivity index is 1.54. The van der Waals surface area contributed by atoms with Crippen LogP contribution >= 0.6 is 22.9 Å². The fourth-order valence-corrected chi connectivity index (χ4v) is 6.45. The molecule has 0 aliphatic carbocycles. The van der Waals surface area contributed by atoms with Gasteiger partial charge in [-0.2, -0.15) is 9.40 Å². The summed E-state index contributed by atoms with van der Waals surface area (Å²) in [4.78, 5) is 11.2. The number of sulfonamides is 1. The monoisotopic (exact) mass is 452 g/mol. The van der Waals surface area contributed by atoms with E-state index in [0.29, 0.717) is 42.2 Å². The van der Waals surface area contributed by atoms with Crippen LogP contribution in [0.4, 0.5) is 5.82 Å². The molecule has 1 aliphatic rings. The zero-order valence-corrected chi connectivity index (χ0v) is 18.7. The number of anilines is 1. The predicted octanol–water partition coefficient (Wildman–Crippen LogP) is 2.81. The van der Waals surface area contributed by atoms with Crippen molar-refractivity contribution in [3.8, 4) is 5.82 Å². The van der Waals surface area contributed by atoms with Crippen LogP contribution in [-0.2, 0) is 10.0 Å². The van der Waals surface area contributed by atoms with Gasteiger partial charge in [0.25, 0.3) is 10.0 Å². The Morgan fingerprint density at radius 3 is 2.28 bits per heavy atom. The first-order valence-corrected chi connectivity index (χ1v) is 11.8. The molecule has 1 saturated heterocycles. The molecule has 0 saturated carbocycles. The van der Waals surface area contributed by atoms with Crippen molar-refractivity contribution in [2.45, 2.75) is 25.0 Å². The lowest BCUT2D eigenvalue weighted by atomic mass is 10.3. The highest BCUT2D eigenvalue weighted by molar-refractivity contribution is 7.91. The average Bonchev–Trinajstić information content (AvgIpc) is 3.26. The van der Waals surface area contributed by atoms with Gasteiger partial charge in [0.2, 0.25) is 0 Å². The smallest absolute Gasteiger partial charge is 0.252 e. The predicted molar refractivity (Wildman–Crippen MR) is 114 cm³/mol. The van der Waals surface area contributed by atoms with E-state index in [2.05, 4.69) is 20.0 Å². The molecule has 3 aromatic rings. The molecule has 11 heteroatoms. The first kappa shape index (κ1) is 20.3. The van der Waals surface area contributed by atoms with Crippen LogP contribution in [0.5, 0.6) is 0 Å². The second-order valence-electron chi connectivity index (χ2n) is 6.92. The molecule has 0 unspecified atom stereocenters. The fraction of sp³-hybridized carbons (Fsp3) is 0.389. The molecular weight excluding hydrogens is 432 g/mol. The van der Waals surface area contributed by atoms with Crippen molar-refractivity contribution in [2.75, 3.05) is 31.1 Å². The quantitative estimate of drug-likeness (QED) is 0.605. The van der Waals surface area contributed by atoms with Crippen molar-refractivity contribution in [1.82, 2.24) is 24.1 Å². The second-order valence-corrected chi connectivity index (χ2v) is 10.8. The van der Waals surface area contributed by atoms with Crippen LogP contribution in [-0.4, -0.2) is 58.7 Å². The Hall–Kier alpha value is -2.01. The maximum atomic E-state index is 12.8. The van der Waals surface area contributed by atoms with Gasteiger partial charge in [0.05, 0.1) is 10.0 Å². The van der Waals surface area contributed by atoms with Crippen molar-refractivity contribution in [3.63, 3.8) is 0 Å². The number of rotatable bonds is 4. The molecule has 0 radical (unpaired) electrons. The Morgan fingerprint density at radius 2 is 1.69 bits per heavy atom. The lowest BCUT2D eigenvalue weighted by molar-refractivity contribution is 0.384. The van der Waals surface area contributed by atoms with Crippen LogP contribution in [0.3, 0.4) is 0 Å². The van der Waals surface area contributed by atoms with E-state index in [-0.39, 0.29) is 4.21 Å². The molecule has 1 fully saturated rings. The van der Waals surface area contributed by atoms with Crippen molar-refractivity contribution in [1.29, 1.82) is 0 Å². The van der Waals surface area contributed by atoms with Gasteiger partial charge in [-0.3, -0.25) is 0 Å². The van der Waals surface area contributed by atoms with Crippen LogP contribution in [0, 0.1) is 20.8 Å². The number of hydrogen-bond donors (Lipinski definition) is 0. The minimum absolute atomic E-state index is 0.278. The fourth-order valence-electron chi connectivity index (χ4n) is 3.39. The highest BCUT2D eigenvalue weighted by atomic mass is 35.5. The summed E-state index contributed by atoms with van der Waals surface area (Å²) >= 11 is 6.99. The molecule has 154 valence electrons. The largest absolute Gasteiger partial charge is 0.354 e. The van der Waals surface area contributed by atoms with Crippen molar-refractivity contribution in [3.05, 3.63) is 45.8 Å². The number of halogens is 1. The zero-order valence-electron chi connectivity index (χ0n) is 16.3. The topological polar surface area (TPSA) is 84.2 Å². The van der Waals surface area contributed by atoms with Crippen molar-refractivity contribution >= 4 is 38.8 Å². The van der Waals surface area contributed by atoms with Crippen LogP contribution < -0.4 is 4.90 Å². The lowest BCUT2D eigenvalue weighted by Gasteiger charge is -2.34. The lowest BCUT2D eigenvalue weighted by Crippen LogP contribution is -2.48. The Labute approximate surface area is 178 Å². The first-order valence-electron chi connectivity index (χ1n) is 9.14. The van der Waals surface area contributed by atoms with E-state index in [9.17, 15) is 8.42 Å². The number of aryl methyl sites for hydroxylation is 3. The van der Waals surface area contributed by atoms with Crippen LogP contribution in [0.25, 0.3) is 5.82 Å². The van der Waals surface area contributed by atoms with Gasteiger partial charge in [-0.05, 0) is 39.0 Å².